The van der Waals surface area contributed by atoms with Crippen molar-refractivity contribution in [2.45, 2.75) is 127 Å². The number of aliphatic hydroxyl groups is 2. The van der Waals surface area contributed by atoms with Crippen LogP contribution < -0.4 is 0 Å². The van der Waals surface area contributed by atoms with E-state index in [9.17, 15) is 10.2 Å². The van der Waals surface area contributed by atoms with Gasteiger partial charge >= 0.3 is 0 Å². The molecule has 0 aromatic rings. The molecule has 0 aromatic carbocycles. The number of aliphatic hydroxyl groups excluding tert-OH is 2. The van der Waals surface area contributed by atoms with Gasteiger partial charge in [0.2, 0.25) is 0 Å². The molecule has 0 saturated carbocycles. The average molecular weight is 779 g/mol. The maximum Gasteiger partial charge on any atom is 0.148 e. The van der Waals surface area contributed by atoms with E-state index in [0.29, 0.717) is 0 Å². The van der Waals surface area contributed by atoms with Crippen LogP contribution in [0.2, 0.25) is 36.3 Å². The molecule has 0 bridgehead atoms. The molecule has 0 radical (unpaired) electrons. The first-order chi connectivity index (χ1) is 26.2. The molecule has 2 saturated heterocycles. The van der Waals surface area contributed by atoms with Crippen molar-refractivity contribution in [2.75, 3.05) is 39.6 Å². The van der Waals surface area contributed by atoms with Crippen molar-refractivity contribution >= 4 is 16.1 Å². The normalized spacial score (nSPS) is 28.0. The van der Waals surface area contributed by atoms with Gasteiger partial charge in [0.05, 0.1) is 63.7 Å². The summed E-state index contributed by atoms with van der Waals surface area (Å²) in [5.74, 6) is 18.3. The van der Waals surface area contributed by atoms with Gasteiger partial charge in [-0.05, 0) is 48.1 Å². The lowest BCUT2D eigenvalue weighted by Gasteiger charge is -2.43. The Bertz CT molecular complexity index is 1300. The summed E-state index contributed by atoms with van der Waals surface area (Å²) in [6.45, 7) is 29.1. The Labute approximate surface area is 329 Å². The van der Waals surface area contributed by atoms with Gasteiger partial charge in [0.15, 0.2) is 0 Å². The predicted molar refractivity (Wildman–Crippen MR) is 224 cm³/mol. The van der Waals surface area contributed by atoms with Gasteiger partial charge < -0.3 is 38.6 Å². The molecule has 0 amide bonds. The summed E-state index contributed by atoms with van der Waals surface area (Å²) in [6.07, 6.45) is 1.42. The summed E-state index contributed by atoms with van der Waals surface area (Å²) in [6, 6.07) is 6.27. The lowest BCUT2D eigenvalue weighted by Crippen LogP contribution is -2.57. The lowest BCUT2D eigenvalue weighted by molar-refractivity contribution is -0.203. The van der Waals surface area contributed by atoms with E-state index in [2.05, 4.69) is 114 Å². The van der Waals surface area contributed by atoms with Gasteiger partial charge in [-0.15, -0.1) is 49.2 Å². The lowest BCUT2D eigenvalue weighted by atomic mass is 9.86. The molecule has 10 atom stereocenters. The molecule has 2 fully saturated rings. The van der Waals surface area contributed by atoms with Crippen molar-refractivity contribution in [3.8, 4) is 46.6 Å². The molecule has 8 nitrogen and oxygen atoms in total. The van der Waals surface area contributed by atoms with Crippen LogP contribution in [0, 0.1) is 58.4 Å². The zero-order chi connectivity index (χ0) is 40.0. The maximum absolute atomic E-state index is 10.5. The highest BCUT2D eigenvalue weighted by Gasteiger charge is 2.48. The van der Waals surface area contributed by atoms with Crippen molar-refractivity contribution < 1.29 is 38.6 Å². The molecule has 2 aliphatic heterocycles. The van der Waals surface area contributed by atoms with E-state index in [1.807, 2.05) is 0 Å². The van der Waals surface area contributed by atoms with Crippen molar-refractivity contribution in [3.63, 3.8) is 0 Å². The van der Waals surface area contributed by atoms with Crippen LogP contribution in [0.3, 0.4) is 0 Å². The highest BCUT2D eigenvalue weighted by Crippen LogP contribution is 2.33. The number of hydrogen-bond acceptors (Lipinski definition) is 8. The second-order valence-electron chi connectivity index (χ2n) is 13.7. The molecule has 10 heteroatoms. The minimum absolute atomic E-state index is 0.239. The third-order valence-corrected chi connectivity index (χ3v) is 20.4. The van der Waals surface area contributed by atoms with E-state index in [4.69, 9.17) is 28.4 Å². The first-order valence-electron chi connectivity index (χ1n) is 19.7. The van der Waals surface area contributed by atoms with Crippen LogP contribution in [0.5, 0.6) is 0 Å². The highest BCUT2D eigenvalue weighted by molar-refractivity contribution is 6.87. The molecule has 0 spiro atoms. The Hall–Kier alpha value is -2.69. The molecular weight excluding hydrogens is 713 g/mol. The van der Waals surface area contributed by atoms with Crippen LogP contribution in [0.4, 0.5) is 0 Å². The van der Waals surface area contributed by atoms with Crippen LogP contribution >= 0.6 is 0 Å². The molecule has 298 valence electrons. The first kappa shape index (κ1) is 47.5. The summed E-state index contributed by atoms with van der Waals surface area (Å²) in [5.41, 5.74) is 7.32. The van der Waals surface area contributed by atoms with Crippen molar-refractivity contribution in [3.05, 3.63) is 50.6 Å². The van der Waals surface area contributed by atoms with Crippen LogP contribution in [-0.4, -0.2) is 115 Å². The topological polar surface area (TPSA) is 95.8 Å². The van der Waals surface area contributed by atoms with E-state index in [1.54, 1.807) is 24.3 Å². The smallest absolute Gasteiger partial charge is 0.148 e. The van der Waals surface area contributed by atoms with Crippen LogP contribution in [-0.2, 0) is 28.4 Å². The zero-order valence-electron chi connectivity index (χ0n) is 33.7. The predicted octanol–water partition coefficient (Wildman–Crippen LogP) is 6.13. The van der Waals surface area contributed by atoms with Crippen LogP contribution in [0.25, 0.3) is 0 Å². The molecular formula is C44H66O8Si2. The summed E-state index contributed by atoms with van der Waals surface area (Å²) in [4.78, 5) is 0. The van der Waals surface area contributed by atoms with Gasteiger partial charge in [0, 0.05) is 0 Å². The molecule has 0 aliphatic carbocycles. The molecule has 2 rings (SSSR count). The Kier molecular flexibility index (Phi) is 22.4. The quantitative estimate of drug-likeness (QED) is 0.0867. The maximum atomic E-state index is 10.5. The van der Waals surface area contributed by atoms with Crippen LogP contribution in [0.15, 0.2) is 50.6 Å². The molecule has 0 aromatic heterocycles. The Morgan fingerprint density at radius 3 is 1.06 bits per heavy atom. The Balaban J connectivity index is 2.59. The van der Waals surface area contributed by atoms with E-state index in [1.165, 1.54) is 0 Å². The van der Waals surface area contributed by atoms with E-state index >= 15 is 0 Å². The van der Waals surface area contributed by atoms with Crippen molar-refractivity contribution in [1.29, 1.82) is 0 Å². The molecule has 2 aliphatic rings. The molecule has 2 heterocycles. The van der Waals surface area contributed by atoms with E-state index < -0.39 is 76.8 Å². The van der Waals surface area contributed by atoms with E-state index in [-0.39, 0.29) is 39.6 Å². The summed E-state index contributed by atoms with van der Waals surface area (Å²) in [7, 11) is -3.62. The van der Waals surface area contributed by atoms with E-state index in [0.717, 1.165) is 36.3 Å². The SMILES string of the molecule is C=CCO[C@@H]1[C@@H](OCC=C)[C@H](C#C[Si](CC)(CC)CC)[C@@H](CO)O[C@@H]1C#CC#C[C@H]1O[C@H](CO)[C@@H](C#C[Si](CC)(CC)CC)[C@H](OCC=C)[C@H]1OCC=C. The van der Waals surface area contributed by atoms with Gasteiger partial charge in [0.1, 0.15) is 52.8 Å². The number of hydrogen-bond donors (Lipinski definition) is 2. The Morgan fingerprint density at radius 2 is 0.796 bits per heavy atom. The highest BCUT2D eigenvalue weighted by atomic mass is 28.3. The molecule has 54 heavy (non-hydrogen) atoms. The van der Waals surface area contributed by atoms with Crippen molar-refractivity contribution in [2.24, 2.45) is 11.8 Å². The largest absolute Gasteiger partial charge is 0.394 e. The molecule has 2 N–H and O–H groups in total. The summed E-state index contributed by atoms with van der Waals surface area (Å²) < 4.78 is 38.0. The monoisotopic (exact) mass is 778 g/mol. The van der Waals surface area contributed by atoms with Crippen LogP contribution in [0.1, 0.15) is 41.5 Å². The standard InChI is InChI=1S/C44H66O8Si2/c1-11-27-47-41-35(25-31-53(15-5,16-6)17-7)39(33-45)51-37(43(41)49-29-13-3)23-21-22-24-38-44(50-30-14-4)42(48-28-12-2)36(40(34-46)52-38)26-32-54(18-8,19-9)20-10/h11-14,35-46H,1-4,15-20,27-30,33-34H2,5-10H3/t35-,36-,37-,38-,39-,40-,41+,42+,43+,44+/m1/s1. The fourth-order valence-corrected chi connectivity index (χ4v) is 12.0. The molecule has 0 unspecified atom stereocenters. The van der Waals surface area contributed by atoms with Gasteiger partial charge in [-0.1, -0.05) is 77.7 Å². The second kappa shape index (κ2) is 25.5. The fraction of sp³-hybridized carbons (Fsp3) is 0.636. The summed E-state index contributed by atoms with van der Waals surface area (Å²) in [5, 5.41) is 21.1. The van der Waals surface area contributed by atoms with Gasteiger partial charge in [0.25, 0.3) is 0 Å². The third kappa shape index (κ3) is 12.9. The minimum atomic E-state index is -1.81. The third-order valence-electron chi connectivity index (χ3n) is 10.9. The van der Waals surface area contributed by atoms with Gasteiger partial charge in [-0.2, -0.15) is 0 Å². The number of ether oxygens (including phenoxy) is 6. The Morgan fingerprint density at radius 1 is 0.500 bits per heavy atom. The first-order valence-corrected chi connectivity index (χ1v) is 24.9. The number of rotatable bonds is 20. The summed E-state index contributed by atoms with van der Waals surface area (Å²) >= 11 is 0. The van der Waals surface area contributed by atoms with Gasteiger partial charge in [-0.25, -0.2) is 0 Å². The van der Waals surface area contributed by atoms with Crippen molar-refractivity contribution in [1.82, 2.24) is 0 Å². The zero-order valence-corrected chi connectivity index (χ0v) is 35.7. The fourth-order valence-electron chi connectivity index (χ4n) is 6.97. The second-order valence-corrected chi connectivity index (χ2v) is 23.6. The van der Waals surface area contributed by atoms with Gasteiger partial charge in [-0.3, -0.25) is 0 Å². The minimum Gasteiger partial charge on any atom is -0.394 e. The average Bonchev–Trinajstić information content (AvgIpc) is 3.21.